The second-order valence-corrected chi connectivity index (χ2v) is 8.43. The molecule has 0 aliphatic carbocycles. The number of aromatic nitrogens is 3. The first kappa shape index (κ1) is 22.4. The van der Waals surface area contributed by atoms with E-state index in [0.29, 0.717) is 5.52 Å². The van der Waals surface area contributed by atoms with Crippen LogP contribution in [0.2, 0.25) is 0 Å². The zero-order valence-electron chi connectivity index (χ0n) is 18.3. The maximum absolute atomic E-state index is 14.1. The lowest BCUT2D eigenvalue weighted by atomic mass is 9.93. The molecule has 4 nitrogen and oxygen atoms in total. The van der Waals surface area contributed by atoms with Gasteiger partial charge in [0.05, 0.1) is 0 Å². The third-order valence-electron chi connectivity index (χ3n) is 6.13. The number of hydrogen-bond donors (Lipinski definition) is 2. The number of benzene rings is 2. The number of pyridine rings is 1. The number of thiol groups is 1. The largest absolute Gasteiger partial charge is 0.267 e. The number of halogens is 1. The predicted molar refractivity (Wildman–Crippen MR) is 131 cm³/mol. The molecule has 0 aliphatic rings. The first-order valence-corrected chi connectivity index (χ1v) is 11.3. The average Bonchev–Trinajstić information content (AvgIpc) is 2.82. The molecule has 32 heavy (non-hydrogen) atoms. The lowest BCUT2D eigenvalue weighted by molar-refractivity contribution is 0.548. The highest BCUT2D eigenvalue weighted by molar-refractivity contribution is 7.78. The van der Waals surface area contributed by atoms with Gasteiger partial charge in [0, 0.05) is 42.0 Å². The van der Waals surface area contributed by atoms with Crippen LogP contribution in [-0.2, 0) is 6.42 Å². The summed E-state index contributed by atoms with van der Waals surface area (Å²) in [4.78, 5) is 13.7. The highest BCUT2D eigenvalue weighted by Crippen LogP contribution is 2.28. The zero-order valence-corrected chi connectivity index (χ0v) is 19.2. The summed E-state index contributed by atoms with van der Waals surface area (Å²) in [6.07, 6.45) is 7.98. The maximum atomic E-state index is 14.1. The summed E-state index contributed by atoms with van der Waals surface area (Å²) in [5.74, 6) is 0.705. The van der Waals surface area contributed by atoms with Gasteiger partial charge in [-0.1, -0.05) is 43.1 Å². The van der Waals surface area contributed by atoms with Crippen LogP contribution in [0.15, 0.2) is 61.1 Å². The van der Waals surface area contributed by atoms with Gasteiger partial charge >= 0.3 is 0 Å². The van der Waals surface area contributed by atoms with Crippen molar-refractivity contribution in [1.82, 2.24) is 19.7 Å². The summed E-state index contributed by atoms with van der Waals surface area (Å²) in [5, 5.41) is 0.866. The van der Waals surface area contributed by atoms with Gasteiger partial charge in [0.25, 0.3) is 0 Å². The van der Waals surface area contributed by atoms with E-state index in [0.717, 1.165) is 53.7 Å². The Balaban J connectivity index is 1.56. The lowest BCUT2D eigenvalue weighted by Gasteiger charge is -2.17. The molecular weight excluding hydrogens is 419 g/mol. The molecule has 2 heterocycles. The minimum absolute atomic E-state index is 0.166. The molecular formula is C26H27FN4S. The van der Waals surface area contributed by atoms with Gasteiger partial charge in [0.15, 0.2) is 0 Å². The quantitative estimate of drug-likeness (QED) is 0.327. The van der Waals surface area contributed by atoms with E-state index >= 15 is 0 Å². The molecule has 0 saturated carbocycles. The van der Waals surface area contributed by atoms with E-state index in [9.17, 15) is 4.39 Å². The molecule has 0 bridgehead atoms. The van der Waals surface area contributed by atoms with Gasteiger partial charge in [-0.15, -0.1) is 0 Å². The van der Waals surface area contributed by atoms with Gasteiger partial charge in [-0.05, 0) is 67.5 Å². The number of nitrogens with one attached hydrogen (secondary N) is 1. The molecule has 4 rings (SSSR count). The Bertz CT molecular complexity index is 1210. The van der Waals surface area contributed by atoms with Crippen LogP contribution >= 0.6 is 12.8 Å². The molecule has 0 amide bonds. The molecule has 1 N–H and O–H groups in total. The molecule has 4 aromatic rings. The van der Waals surface area contributed by atoms with Gasteiger partial charge in [-0.2, -0.15) is 0 Å². The molecule has 0 spiro atoms. The molecule has 0 fully saturated rings. The lowest BCUT2D eigenvalue weighted by Crippen LogP contribution is -2.12. The Labute approximate surface area is 193 Å². The maximum Gasteiger partial charge on any atom is 0.149 e. The number of hydrogen-bond acceptors (Lipinski definition) is 5. The first-order valence-electron chi connectivity index (χ1n) is 10.9. The van der Waals surface area contributed by atoms with Crippen molar-refractivity contribution in [3.8, 4) is 11.1 Å². The molecule has 1 unspecified atom stereocenters. The molecule has 0 radical (unpaired) electrons. The second-order valence-electron chi connectivity index (χ2n) is 8.12. The summed E-state index contributed by atoms with van der Waals surface area (Å²) in [6, 6.07) is 13.4. The highest BCUT2D eigenvalue weighted by atomic mass is 32.1. The summed E-state index contributed by atoms with van der Waals surface area (Å²) >= 11 is 4.15. The summed E-state index contributed by atoms with van der Waals surface area (Å²) in [6.45, 7) is 4.99. The zero-order chi connectivity index (χ0) is 22.5. The van der Waals surface area contributed by atoms with Crippen LogP contribution in [0.25, 0.3) is 22.0 Å². The van der Waals surface area contributed by atoms with Crippen LogP contribution in [0.1, 0.15) is 41.3 Å². The SMILES string of the molecule is Cc1cccc(-c2cnc(C(CCNS)CCc3ccc(F)c4ncccc34)nc2)c1C. The average molecular weight is 447 g/mol. The Morgan fingerprint density at radius 1 is 0.969 bits per heavy atom. The Morgan fingerprint density at radius 3 is 2.56 bits per heavy atom. The fraction of sp³-hybridized carbons (Fsp3) is 0.269. The van der Waals surface area contributed by atoms with Gasteiger partial charge in [-0.25, -0.2) is 14.4 Å². The molecule has 1 atom stereocenters. The van der Waals surface area contributed by atoms with E-state index in [1.165, 1.54) is 17.2 Å². The van der Waals surface area contributed by atoms with Crippen molar-refractivity contribution in [2.75, 3.05) is 6.54 Å². The highest BCUT2D eigenvalue weighted by Gasteiger charge is 2.17. The van der Waals surface area contributed by atoms with Gasteiger partial charge in [0.2, 0.25) is 0 Å². The minimum atomic E-state index is -0.287. The van der Waals surface area contributed by atoms with E-state index in [1.54, 1.807) is 6.20 Å². The van der Waals surface area contributed by atoms with Crippen LogP contribution in [0.5, 0.6) is 0 Å². The predicted octanol–water partition coefficient (Wildman–Crippen LogP) is 5.99. The van der Waals surface area contributed by atoms with E-state index in [4.69, 9.17) is 9.97 Å². The Morgan fingerprint density at radius 2 is 1.78 bits per heavy atom. The molecule has 6 heteroatoms. The minimum Gasteiger partial charge on any atom is -0.267 e. The van der Waals surface area contributed by atoms with Crippen molar-refractivity contribution >= 4 is 23.7 Å². The van der Waals surface area contributed by atoms with E-state index in [1.807, 2.05) is 30.6 Å². The monoisotopic (exact) mass is 446 g/mol. The van der Waals surface area contributed by atoms with Crippen LogP contribution < -0.4 is 4.72 Å². The summed E-state index contributed by atoms with van der Waals surface area (Å²) in [7, 11) is 0. The third kappa shape index (κ3) is 4.81. The van der Waals surface area contributed by atoms with E-state index < -0.39 is 0 Å². The number of aryl methyl sites for hydroxylation is 2. The first-order chi connectivity index (χ1) is 15.6. The number of nitrogens with zero attached hydrogens (tertiary/aromatic N) is 3. The van der Waals surface area contributed by atoms with Crippen LogP contribution in [0.3, 0.4) is 0 Å². The normalized spacial score (nSPS) is 12.2. The Hall–Kier alpha value is -2.83. The fourth-order valence-electron chi connectivity index (χ4n) is 4.14. The standard InChI is InChI=1S/C26H27FN4S/c1-17-5-3-6-22(18(17)2)21-15-29-26(30-16-21)20(12-14-31-32)9-8-19-10-11-24(27)25-23(19)7-4-13-28-25/h3-7,10-11,13,15-16,20,31-32H,8-9,12,14H2,1-2H3. The van der Waals surface area contributed by atoms with E-state index in [2.05, 4.69) is 54.6 Å². The van der Waals surface area contributed by atoms with Crippen LogP contribution in [0, 0.1) is 19.7 Å². The van der Waals surface area contributed by atoms with Crippen molar-refractivity contribution in [3.05, 3.63) is 89.4 Å². The molecule has 2 aromatic heterocycles. The van der Waals surface area contributed by atoms with Crippen LogP contribution in [0.4, 0.5) is 4.39 Å². The second kappa shape index (κ2) is 10.2. The number of fused-ring (bicyclic) bond motifs is 1. The van der Waals surface area contributed by atoms with Crippen molar-refractivity contribution in [1.29, 1.82) is 0 Å². The van der Waals surface area contributed by atoms with Gasteiger partial charge < -0.3 is 0 Å². The molecule has 0 aliphatic heterocycles. The molecule has 164 valence electrons. The summed E-state index contributed by atoms with van der Waals surface area (Å²) < 4.78 is 17.1. The van der Waals surface area contributed by atoms with Gasteiger partial charge in [0.1, 0.15) is 17.2 Å². The smallest absolute Gasteiger partial charge is 0.149 e. The van der Waals surface area contributed by atoms with Crippen molar-refractivity contribution < 1.29 is 4.39 Å². The van der Waals surface area contributed by atoms with E-state index in [-0.39, 0.29) is 11.7 Å². The van der Waals surface area contributed by atoms with Crippen LogP contribution in [-0.4, -0.2) is 21.5 Å². The van der Waals surface area contributed by atoms with Crippen molar-refractivity contribution in [2.24, 2.45) is 0 Å². The topological polar surface area (TPSA) is 50.7 Å². The van der Waals surface area contributed by atoms with Crippen molar-refractivity contribution in [3.63, 3.8) is 0 Å². The Kier molecular flexibility index (Phi) is 7.12. The van der Waals surface area contributed by atoms with Gasteiger partial charge in [-0.3, -0.25) is 9.71 Å². The summed E-state index contributed by atoms with van der Waals surface area (Å²) in [5.41, 5.74) is 6.20. The number of rotatable bonds is 8. The van der Waals surface area contributed by atoms with Crippen molar-refractivity contribution in [2.45, 2.75) is 39.0 Å². The third-order valence-corrected chi connectivity index (χ3v) is 6.35. The fourth-order valence-corrected chi connectivity index (χ4v) is 4.27. The molecule has 2 aromatic carbocycles. The molecule has 0 saturated heterocycles.